The van der Waals surface area contributed by atoms with Gasteiger partial charge in [-0.1, -0.05) is 45.0 Å². The van der Waals surface area contributed by atoms with Crippen molar-refractivity contribution >= 4 is 11.8 Å². The van der Waals surface area contributed by atoms with E-state index in [1.807, 2.05) is 45.0 Å². The van der Waals surface area contributed by atoms with Crippen LogP contribution in [0.1, 0.15) is 54.5 Å². The van der Waals surface area contributed by atoms with Gasteiger partial charge in [-0.15, -0.1) is 0 Å². The molecule has 0 radical (unpaired) electrons. The van der Waals surface area contributed by atoms with E-state index in [4.69, 9.17) is 0 Å². The Bertz CT molecular complexity index is 1390. The molecule has 0 saturated carbocycles. The summed E-state index contributed by atoms with van der Waals surface area (Å²) in [5.74, 6) is -4.24. The molecule has 2 amide bonds. The van der Waals surface area contributed by atoms with Crippen LogP contribution in [0, 0.1) is 22.9 Å². The molecule has 0 unspecified atom stereocenters. The zero-order valence-electron chi connectivity index (χ0n) is 21.6. The lowest BCUT2D eigenvalue weighted by molar-refractivity contribution is -0.136. The molecule has 0 bridgehead atoms. The number of imidazole rings is 1. The molecule has 2 aliphatic rings. The molecule has 7 nitrogen and oxygen atoms in total. The van der Waals surface area contributed by atoms with Gasteiger partial charge in [-0.25, -0.2) is 18.2 Å². The second kappa shape index (κ2) is 9.90. The van der Waals surface area contributed by atoms with E-state index in [0.29, 0.717) is 44.4 Å². The van der Waals surface area contributed by atoms with Crippen molar-refractivity contribution in [3.05, 3.63) is 76.4 Å². The standard InChI is InChI=1S/C28H30F3N5O2/c1-28(2,3)24(27(38)35-14-16-7-4-5-8-17(16)15-35)34-26(37)23-22-13-32-9-6-10-36(22)25(33-23)18-11-20(30)21(31)12-19(18)29/h4-5,7-8,11-12,24,32H,6,9-10,13-15H2,1-3H3,(H,34,37)/t24-/m1/s1. The predicted octanol–water partition coefficient (Wildman–Crippen LogP) is 4.15. The molecule has 0 saturated heterocycles. The number of nitrogens with zero attached hydrogens (tertiary/aromatic N) is 3. The Labute approximate surface area is 219 Å². The van der Waals surface area contributed by atoms with Gasteiger partial charge in [0, 0.05) is 32.2 Å². The van der Waals surface area contributed by atoms with Crippen LogP contribution in [0.25, 0.3) is 11.4 Å². The molecule has 2 aromatic carbocycles. The molecule has 0 spiro atoms. The van der Waals surface area contributed by atoms with Gasteiger partial charge in [0.15, 0.2) is 17.3 Å². The van der Waals surface area contributed by atoms with Crippen molar-refractivity contribution in [2.75, 3.05) is 6.54 Å². The van der Waals surface area contributed by atoms with E-state index in [-0.39, 0.29) is 29.5 Å². The van der Waals surface area contributed by atoms with Crippen LogP contribution in [0.2, 0.25) is 0 Å². The van der Waals surface area contributed by atoms with Crippen molar-refractivity contribution in [3.63, 3.8) is 0 Å². The first-order valence-electron chi connectivity index (χ1n) is 12.7. The number of rotatable bonds is 4. The van der Waals surface area contributed by atoms with Gasteiger partial charge in [-0.2, -0.15) is 0 Å². The molecule has 38 heavy (non-hydrogen) atoms. The van der Waals surface area contributed by atoms with Gasteiger partial charge < -0.3 is 20.1 Å². The highest BCUT2D eigenvalue weighted by Crippen LogP contribution is 2.30. The van der Waals surface area contributed by atoms with E-state index in [0.717, 1.165) is 17.2 Å². The number of nitrogens with one attached hydrogen (secondary N) is 2. The summed E-state index contributed by atoms with van der Waals surface area (Å²) in [4.78, 5) is 33.5. The summed E-state index contributed by atoms with van der Waals surface area (Å²) in [6.07, 6.45) is 0.668. The zero-order valence-corrected chi connectivity index (χ0v) is 21.6. The SMILES string of the molecule is CC(C)(C)[C@H](NC(=O)c1nc(-c2cc(F)c(F)cc2F)n2c1CNCCC2)C(=O)N1Cc2ccccc2C1. The second-order valence-corrected chi connectivity index (χ2v) is 10.9. The first-order chi connectivity index (χ1) is 18.0. The van der Waals surface area contributed by atoms with Crippen LogP contribution in [-0.2, 0) is 31.0 Å². The minimum absolute atomic E-state index is 0.0188. The third kappa shape index (κ3) is 4.80. The molecule has 10 heteroatoms. The Hall–Kier alpha value is -3.66. The molecule has 5 rings (SSSR count). The number of hydrogen-bond acceptors (Lipinski definition) is 4. The van der Waals surface area contributed by atoms with Gasteiger partial charge in [-0.05, 0) is 35.6 Å². The molecule has 3 aromatic rings. The zero-order chi connectivity index (χ0) is 27.2. The Kier molecular flexibility index (Phi) is 6.77. The monoisotopic (exact) mass is 525 g/mol. The largest absolute Gasteiger partial charge is 0.338 e. The second-order valence-electron chi connectivity index (χ2n) is 10.9. The number of amides is 2. The van der Waals surface area contributed by atoms with Crippen molar-refractivity contribution in [2.45, 2.75) is 59.4 Å². The Morgan fingerprint density at radius 1 is 1.03 bits per heavy atom. The molecular weight excluding hydrogens is 495 g/mol. The summed E-state index contributed by atoms with van der Waals surface area (Å²) in [6, 6.07) is 8.21. The number of carbonyl (C=O) groups excluding carboxylic acids is 2. The molecule has 1 atom stereocenters. The molecule has 3 heterocycles. The quantitative estimate of drug-likeness (QED) is 0.502. The Balaban J connectivity index is 1.48. The maximum Gasteiger partial charge on any atom is 0.272 e. The minimum Gasteiger partial charge on any atom is -0.338 e. The molecule has 2 N–H and O–H groups in total. The first kappa shape index (κ1) is 26.0. The van der Waals surface area contributed by atoms with Crippen LogP contribution in [0.3, 0.4) is 0 Å². The van der Waals surface area contributed by atoms with Crippen LogP contribution < -0.4 is 10.6 Å². The lowest BCUT2D eigenvalue weighted by Gasteiger charge is -2.33. The van der Waals surface area contributed by atoms with Crippen LogP contribution in [0.4, 0.5) is 13.2 Å². The molecule has 200 valence electrons. The normalized spacial score (nSPS) is 16.0. The van der Waals surface area contributed by atoms with E-state index in [2.05, 4.69) is 15.6 Å². The van der Waals surface area contributed by atoms with Crippen LogP contribution in [0.15, 0.2) is 36.4 Å². The fraction of sp³-hybridized carbons (Fsp3) is 0.393. The predicted molar refractivity (Wildman–Crippen MR) is 135 cm³/mol. The van der Waals surface area contributed by atoms with E-state index >= 15 is 0 Å². The van der Waals surface area contributed by atoms with E-state index in [1.165, 1.54) is 0 Å². The summed E-state index contributed by atoms with van der Waals surface area (Å²) in [6.45, 7) is 7.87. The average molecular weight is 526 g/mol. The summed E-state index contributed by atoms with van der Waals surface area (Å²) < 4.78 is 44.0. The van der Waals surface area contributed by atoms with Crippen LogP contribution >= 0.6 is 0 Å². The van der Waals surface area contributed by atoms with Crippen LogP contribution in [0.5, 0.6) is 0 Å². The molecule has 0 aliphatic carbocycles. The number of fused-ring (bicyclic) bond motifs is 2. The fourth-order valence-corrected chi connectivity index (χ4v) is 5.08. The van der Waals surface area contributed by atoms with Gasteiger partial charge in [0.25, 0.3) is 5.91 Å². The summed E-state index contributed by atoms with van der Waals surface area (Å²) >= 11 is 0. The van der Waals surface area contributed by atoms with Crippen LogP contribution in [-0.4, -0.2) is 38.9 Å². The first-order valence-corrected chi connectivity index (χ1v) is 12.7. The highest BCUT2D eigenvalue weighted by Gasteiger charge is 2.39. The lowest BCUT2D eigenvalue weighted by Crippen LogP contribution is -2.53. The van der Waals surface area contributed by atoms with Gasteiger partial charge >= 0.3 is 0 Å². The van der Waals surface area contributed by atoms with E-state index < -0.39 is 34.8 Å². The third-order valence-electron chi connectivity index (χ3n) is 7.11. The van der Waals surface area contributed by atoms with E-state index in [9.17, 15) is 22.8 Å². The topological polar surface area (TPSA) is 79.3 Å². The van der Waals surface area contributed by atoms with Gasteiger partial charge in [-0.3, -0.25) is 9.59 Å². The smallest absolute Gasteiger partial charge is 0.272 e. The maximum absolute atomic E-state index is 14.7. The summed E-state index contributed by atoms with van der Waals surface area (Å²) in [5.41, 5.74) is 1.81. The van der Waals surface area contributed by atoms with Crippen molar-refractivity contribution in [3.8, 4) is 11.4 Å². The number of halogens is 3. The Morgan fingerprint density at radius 3 is 2.34 bits per heavy atom. The van der Waals surface area contributed by atoms with Crippen molar-refractivity contribution in [1.29, 1.82) is 0 Å². The molecule has 1 aromatic heterocycles. The molecule has 2 aliphatic heterocycles. The third-order valence-corrected chi connectivity index (χ3v) is 7.11. The van der Waals surface area contributed by atoms with Crippen molar-refractivity contribution < 1.29 is 22.8 Å². The lowest BCUT2D eigenvalue weighted by atomic mass is 9.85. The number of aromatic nitrogens is 2. The number of hydrogen-bond donors (Lipinski definition) is 2. The van der Waals surface area contributed by atoms with E-state index in [1.54, 1.807) is 9.47 Å². The van der Waals surface area contributed by atoms with Gasteiger partial charge in [0.2, 0.25) is 5.91 Å². The van der Waals surface area contributed by atoms with Crippen molar-refractivity contribution in [2.24, 2.45) is 5.41 Å². The highest BCUT2D eigenvalue weighted by atomic mass is 19.2. The summed E-state index contributed by atoms with van der Waals surface area (Å²) in [7, 11) is 0. The number of carbonyl (C=O) groups is 2. The maximum atomic E-state index is 14.7. The van der Waals surface area contributed by atoms with Gasteiger partial charge in [0.1, 0.15) is 17.7 Å². The Morgan fingerprint density at radius 2 is 1.68 bits per heavy atom. The summed E-state index contributed by atoms with van der Waals surface area (Å²) in [5, 5.41) is 6.10. The molecular formula is C28H30F3N5O2. The van der Waals surface area contributed by atoms with Crippen molar-refractivity contribution in [1.82, 2.24) is 25.1 Å². The minimum atomic E-state index is -1.30. The molecule has 0 fully saturated rings. The number of benzene rings is 2. The van der Waals surface area contributed by atoms with Gasteiger partial charge in [0.05, 0.1) is 11.3 Å². The average Bonchev–Trinajstić information content (AvgIpc) is 3.37. The highest BCUT2D eigenvalue weighted by molar-refractivity contribution is 5.98. The fourth-order valence-electron chi connectivity index (χ4n) is 5.08.